The van der Waals surface area contributed by atoms with Crippen molar-refractivity contribution in [3.05, 3.63) is 0 Å². The zero-order valence-corrected chi connectivity index (χ0v) is 12.5. The number of rotatable bonds is 7. The second kappa shape index (κ2) is 7.20. The molecular weight excluding hydrogens is 260 g/mol. The number of ether oxygens (including phenoxy) is 1. The molecule has 20 heavy (non-hydrogen) atoms. The number of nitrogen functional groups attached to an aromatic ring is 1. The number of nitrogens with zero attached hydrogens (tertiary/aromatic N) is 3. The lowest BCUT2D eigenvalue weighted by Gasteiger charge is -2.31. The third-order valence-electron chi connectivity index (χ3n) is 2.78. The monoisotopic (exact) mass is 284 g/mol. The number of hydrazine groups is 1. The number of nitrogens with two attached hydrogens (primary N) is 1. The zero-order chi connectivity index (χ0) is 15.2. The van der Waals surface area contributed by atoms with Crippen molar-refractivity contribution in [2.75, 3.05) is 24.0 Å². The van der Waals surface area contributed by atoms with Gasteiger partial charge in [0.15, 0.2) is 0 Å². The number of aromatic nitrogens is 3. The minimum absolute atomic E-state index is 0.00926. The fraction of sp³-hybridized carbons (Fsp3) is 0.750. The Hall–Kier alpha value is -1.67. The van der Waals surface area contributed by atoms with Crippen LogP contribution < -0.4 is 21.3 Å². The summed E-state index contributed by atoms with van der Waals surface area (Å²) >= 11 is 0. The Bertz CT molecular complexity index is 421. The van der Waals surface area contributed by atoms with Crippen molar-refractivity contribution in [2.45, 2.75) is 40.2 Å². The molecular formula is C12H24N6O2. The average molecular weight is 284 g/mol. The maximum Gasteiger partial charge on any atom is 0.323 e. The lowest BCUT2D eigenvalue weighted by molar-refractivity contribution is 0.234. The largest absolute Gasteiger partial charge is 0.464 e. The Morgan fingerprint density at radius 2 is 1.90 bits per heavy atom. The van der Waals surface area contributed by atoms with Gasteiger partial charge in [0, 0.05) is 12.6 Å². The summed E-state index contributed by atoms with van der Waals surface area (Å²) in [5, 5.41) is 12.4. The molecule has 0 aliphatic rings. The van der Waals surface area contributed by atoms with Crippen LogP contribution in [0.1, 0.15) is 34.1 Å². The molecule has 0 radical (unpaired) electrons. The predicted molar refractivity (Wildman–Crippen MR) is 77.4 cm³/mol. The van der Waals surface area contributed by atoms with Crippen LogP contribution in [0.4, 0.5) is 11.9 Å². The normalized spacial score (nSPS) is 12.9. The van der Waals surface area contributed by atoms with E-state index in [9.17, 15) is 0 Å². The number of nitrogens with one attached hydrogen (secondary N) is 2. The molecule has 0 amide bonds. The van der Waals surface area contributed by atoms with Gasteiger partial charge in [0.25, 0.3) is 0 Å². The molecule has 8 nitrogen and oxygen atoms in total. The number of anilines is 2. The van der Waals surface area contributed by atoms with Crippen molar-refractivity contribution >= 4 is 11.9 Å². The average Bonchev–Trinajstić information content (AvgIpc) is 2.37. The molecule has 0 saturated carbocycles. The molecule has 1 rings (SSSR count). The van der Waals surface area contributed by atoms with Crippen molar-refractivity contribution in [2.24, 2.45) is 11.3 Å². The summed E-state index contributed by atoms with van der Waals surface area (Å²) < 4.78 is 5.27. The van der Waals surface area contributed by atoms with Crippen LogP contribution >= 0.6 is 0 Å². The van der Waals surface area contributed by atoms with Gasteiger partial charge in [-0.05, 0) is 18.8 Å². The summed E-state index contributed by atoms with van der Waals surface area (Å²) in [6, 6.07) is 0.213. The first-order valence-electron chi connectivity index (χ1n) is 6.63. The van der Waals surface area contributed by atoms with E-state index in [4.69, 9.17) is 15.7 Å². The molecule has 1 atom stereocenters. The SMILES string of the molecule is CCOc1nc(NN)nc(NC(CCO)C(C)(C)C)n1. The highest BCUT2D eigenvalue weighted by atomic mass is 16.5. The number of hydrogen-bond donors (Lipinski definition) is 4. The van der Waals surface area contributed by atoms with Gasteiger partial charge in [0.2, 0.25) is 11.9 Å². The summed E-state index contributed by atoms with van der Waals surface area (Å²) in [6.45, 7) is 8.61. The van der Waals surface area contributed by atoms with E-state index in [1.54, 1.807) is 0 Å². The van der Waals surface area contributed by atoms with E-state index in [2.05, 4.69) is 46.5 Å². The van der Waals surface area contributed by atoms with Gasteiger partial charge in [-0.15, -0.1) is 0 Å². The van der Waals surface area contributed by atoms with Crippen molar-refractivity contribution in [1.82, 2.24) is 15.0 Å². The van der Waals surface area contributed by atoms with Gasteiger partial charge in [0.1, 0.15) is 0 Å². The van der Waals surface area contributed by atoms with Crippen molar-refractivity contribution < 1.29 is 9.84 Å². The van der Waals surface area contributed by atoms with Crippen molar-refractivity contribution in [3.63, 3.8) is 0 Å². The Morgan fingerprint density at radius 3 is 2.40 bits per heavy atom. The fourth-order valence-electron chi connectivity index (χ4n) is 1.69. The molecule has 1 heterocycles. The maximum atomic E-state index is 9.17. The van der Waals surface area contributed by atoms with Crippen LogP contribution in [0.5, 0.6) is 6.01 Å². The Morgan fingerprint density at radius 1 is 1.25 bits per heavy atom. The van der Waals surface area contributed by atoms with Gasteiger partial charge >= 0.3 is 6.01 Å². The minimum Gasteiger partial charge on any atom is -0.464 e. The van der Waals surface area contributed by atoms with E-state index < -0.39 is 0 Å². The van der Waals surface area contributed by atoms with Crippen LogP contribution in [-0.2, 0) is 0 Å². The summed E-state index contributed by atoms with van der Waals surface area (Å²) in [6.07, 6.45) is 0.588. The molecule has 5 N–H and O–H groups in total. The highest BCUT2D eigenvalue weighted by Gasteiger charge is 2.25. The third-order valence-corrected chi connectivity index (χ3v) is 2.78. The Balaban J connectivity index is 2.96. The van der Waals surface area contributed by atoms with Gasteiger partial charge in [0.05, 0.1) is 6.61 Å². The lowest BCUT2D eigenvalue weighted by atomic mass is 9.85. The van der Waals surface area contributed by atoms with E-state index in [1.165, 1.54) is 0 Å². The Kier molecular flexibility index (Phi) is 5.90. The molecule has 0 bridgehead atoms. The third kappa shape index (κ3) is 4.78. The van der Waals surface area contributed by atoms with E-state index >= 15 is 0 Å². The fourth-order valence-corrected chi connectivity index (χ4v) is 1.69. The van der Waals surface area contributed by atoms with Crippen LogP contribution in [0, 0.1) is 5.41 Å². The molecule has 1 aromatic rings. The van der Waals surface area contributed by atoms with E-state index in [0.717, 1.165) is 0 Å². The Labute approximate surface area is 119 Å². The second-order valence-electron chi connectivity index (χ2n) is 5.42. The topological polar surface area (TPSA) is 118 Å². The number of aliphatic hydroxyl groups excluding tert-OH is 1. The summed E-state index contributed by atoms with van der Waals surface area (Å²) in [5.74, 6) is 5.92. The molecule has 0 aliphatic heterocycles. The number of aliphatic hydroxyl groups is 1. The van der Waals surface area contributed by atoms with Gasteiger partial charge in [-0.3, -0.25) is 5.43 Å². The molecule has 0 fully saturated rings. The van der Waals surface area contributed by atoms with E-state index in [1.807, 2.05) is 6.92 Å². The summed E-state index contributed by atoms with van der Waals surface area (Å²) in [5.41, 5.74) is 2.32. The zero-order valence-electron chi connectivity index (χ0n) is 12.5. The molecule has 0 saturated heterocycles. The van der Waals surface area contributed by atoms with Crippen LogP contribution in [0.25, 0.3) is 0 Å². The quantitative estimate of drug-likeness (QED) is 0.428. The first-order chi connectivity index (χ1) is 9.40. The molecule has 0 spiro atoms. The van der Waals surface area contributed by atoms with Crippen LogP contribution in [0.3, 0.4) is 0 Å². The second-order valence-corrected chi connectivity index (χ2v) is 5.42. The van der Waals surface area contributed by atoms with Crippen LogP contribution in [0.2, 0.25) is 0 Å². The van der Waals surface area contributed by atoms with Crippen molar-refractivity contribution in [1.29, 1.82) is 0 Å². The first kappa shape index (κ1) is 16.4. The van der Waals surface area contributed by atoms with Gasteiger partial charge in [-0.1, -0.05) is 20.8 Å². The molecule has 1 aromatic heterocycles. The molecule has 8 heteroatoms. The summed E-state index contributed by atoms with van der Waals surface area (Å²) in [7, 11) is 0. The minimum atomic E-state index is -0.0581. The van der Waals surface area contributed by atoms with E-state index in [0.29, 0.717) is 19.0 Å². The molecule has 0 aromatic carbocycles. The van der Waals surface area contributed by atoms with Gasteiger partial charge < -0.3 is 15.2 Å². The lowest BCUT2D eigenvalue weighted by Crippen LogP contribution is -2.35. The molecule has 1 unspecified atom stereocenters. The highest BCUT2D eigenvalue weighted by Crippen LogP contribution is 2.25. The van der Waals surface area contributed by atoms with Gasteiger partial charge in [-0.25, -0.2) is 5.84 Å². The van der Waals surface area contributed by atoms with Crippen LogP contribution in [0.15, 0.2) is 0 Å². The van der Waals surface area contributed by atoms with Crippen LogP contribution in [-0.4, -0.2) is 39.3 Å². The molecule has 114 valence electrons. The van der Waals surface area contributed by atoms with Gasteiger partial charge in [-0.2, -0.15) is 15.0 Å². The molecule has 0 aliphatic carbocycles. The predicted octanol–water partition coefficient (Wildman–Crippen LogP) is 0.765. The summed E-state index contributed by atoms with van der Waals surface area (Å²) in [4.78, 5) is 12.3. The standard InChI is InChI=1S/C12H24N6O2/c1-5-20-11-16-9(15-10(17-11)18-13)14-8(6-7-19)12(2,3)4/h8,19H,5-7,13H2,1-4H3,(H2,14,15,16,17,18). The first-order valence-corrected chi connectivity index (χ1v) is 6.63. The smallest absolute Gasteiger partial charge is 0.323 e. The van der Waals surface area contributed by atoms with Crippen molar-refractivity contribution in [3.8, 4) is 6.01 Å². The number of hydrogen-bond acceptors (Lipinski definition) is 8. The van der Waals surface area contributed by atoms with E-state index in [-0.39, 0.29) is 30.0 Å². The maximum absolute atomic E-state index is 9.17. The highest BCUT2D eigenvalue weighted by molar-refractivity contribution is 5.36.